The van der Waals surface area contributed by atoms with Crippen LogP contribution in [0.25, 0.3) is 5.57 Å². The van der Waals surface area contributed by atoms with Crippen LogP contribution in [0.1, 0.15) is 52.1 Å². The summed E-state index contributed by atoms with van der Waals surface area (Å²) in [5.74, 6) is -2.25. The van der Waals surface area contributed by atoms with Gasteiger partial charge in [0, 0.05) is 17.7 Å². The van der Waals surface area contributed by atoms with Crippen LogP contribution in [-0.4, -0.2) is 28.9 Å². The topological polar surface area (TPSA) is 83.2 Å². The highest BCUT2D eigenvalue weighted by Crippen LogP contribution is 2.41. The minimum absolute atomic E-state index is 0.0413. The summed E-state index contributed by atoms with van der Waals surface area (Å²) < 4.78 is 72.3. The number of allylic oxidation sites excluding steroid dienone is 2. The standard InChI is InChI=1S/C16H13F5N2O3S/c1-27-6-8-10(7(5-22)9-3-2-4-26-9)12(14(17)18)23-13(16(19,20)21)11(8)15(24)25/h14H,2-4,6H2,1H3,(H,24,25)/b9-7-. The first kappa shape index (κ1) is 21.0. The molecule has 0 amide bonds. The number of nitriles is 1. The Bertz CT molecular complexity index is 823. The Balaban J connectivity index is 3.01. The number of nitrogens with zero attached hydrogens (tertiary/aromatic N) is 2. The van der Waals surface area contributed by atoms with Gasteiger partial charge < -0.3 is 9.84 Å². The molecular weight excluding hydrogens is 395 g/mol. The number of thioether (sulfide) groups is 1. The Labute approximate surface area is 154 Å². The lowest BCUT2D eigenvalue weighted by molar-refractivity contribution is -0.142. The molecule has 0 aromatic carbocycles. The lowest BCUT2D eigenvalue weighted by Crippen LogP contribution is -2.21. The fourth-order valence-corrected chi connectivity index (χ4v) is 3.35. The van der Waals surface area contributed by atoms with Crippen LogP contribution in [0.2, 0.25) is 0 Å². The van der Waals surface area contributed by atoms with E-state index in [1.807, 2.05) is 0 Å². The summed E-state index contributed by atoms with van der Waals surface area (Å²) in [6.45, 7) is 0.224. The van der Waals surface area contributed by atoms with Gasteiger partial charge in [-0.05, 0) is 18.2 Å². The van der Waals surface area contributed by atoms with Gasteiger partial charge in [-0.25, -0.2) is 18.6 Å². The second kappa shape index (κ2) is 8.12. The Kier molecular flexibility index (Phi) is 6.30. The molecule has 1 aliphatic rings. The van der Waals surface area contributed by atoms with Crippen LogP contribution in [0.5, 0.6) is 0 Å². The predicted molar refractivity (Wildman–Crippen MR) is 86.1 cm³/mol. The molecule has 11 heteroatoms. The van der Waals surface area contributed by atoms with Gasteiger partial charge in [-0.3, -0.25) is 0 Å². The van der Waals surface area contributed by atoms with Gasteiger partial charge in [-0.15, -0.1) is 0 Å². The number of carboxylic acid groups (broad SMARTS) is 1. The molecule has 5 nitrogen and oxygen atoms in total. The molecule has 0 atom stereocenters. The van der Waals surface area contributed by atoms with Crippen LogP contribution in [-0.2, 0) is 16.7 Å². The van der Waals surface area contributed by atoms with E-state index in [4.69, 9.17) is 4.74 Å². The molecule has 1 saturated heterocycles. The van der Waals surface area contributed by atoms with Gasteiger partial charge in [0.15, 0.2) is 5.69 Å². The summed E-state index contributed by atoms with van der Waals surface area (Å²) in [7, 11) is 0. The number of aromatic nitrogens is 1. The van der Waals surface area contributed by atoms with E-state index in [0.717, 1.165) is 11.8 Å². The number of aromatic carboxylic acids is 1. The van der Waals surface area contributed by atoms with Crippen LogP contribution in [0.4, 0.5) is 22.0 Å². The van der Waals surface area contributed by atoms with Gasteiger partial charge in [-0.1, -0.05) is 0 Å². The summed E-state index contributed by atoms with van der Waals surface area (Å²) in [6, 6.07) is 1.68. The zero-order valence-corrected chi connectivity index (χ0v) is 14.7. The summed E-state index contributed by atoms with van der Waals surface area (Å²) in [6.07, 6.45) is -6.51. The average molecular weight is 408 g/mol. The van der Waals surface area contributed by atoms with Crippen molar-refractivity contribution in [3.63, 3.8) is 0 Å². The number of rotatable bonds is 5. The molecule has 0 spiro atoms. The van der Waals surface area contributed by atoms with Crippen LogP contribution in [0.3, 0.4) is 0 Å². The SMILES string of the molecule is CSCc1c(C(=O)O)c(C(F)(F)F)nc(C(F)F)c1/C(C#N)=C1/CCCO1. The zero-order chi connectivity index (χ0) is 20.4. The van der Waals surface area contributed by atoms with Crippen molar-refractivity contribution in [2.75, 3.05) is 12.9 Å². The van der Waals surface area contributed by atoms with E-state index in [9.17, 15) is 37.1 Å². The Morgan fingerprint density at radius 2 is 2.07 bits per heavy atom. The van der Waals surface area contributed by atoms with Crippen molar-refractivity contribution in [2.24, 2.45) is 0 Å². The van der Waals surface area contributed by atoms with Crippen LogP contribution >= 0.6 is 11.8 Å². The van der Waals surface area contributed by atoms with Crippen molar-refractivity contribution in [3.05, 3.63) is 33.8 Å². The molecule has 146 valence electrons. The highest BCUT2D eigenvalue weighted by atomic mass is 32.2. The van der Waals surface area contributed by atoms with Crippen molar-refractivity contribution in [1.29, 1.82) is 5.26 Å². The first-order valence-electron chi connectivity index (χ1n) is 7.54. The summed E-state index contributed by atoms with van der Waals surface area (Å²) in [5.41, 5.74) is -5.95. The normalized spacial score (nSPS) is 16.2. The molecular formula is C16H13F5N2O3S. The largest absolute Gasteiger partial charge is 0.497 e. The molecule has 1 N–H and O–H groups in total. The molecule has 1 aliphatic heterocycles. The van der Waals surface area contributed by atoms with Crippen molar-refractivity contribution in [2.45, 2.75) is 31.2 Å². The van der Waals surface area contributed by atoms with Crippen LogP contribution in [0, 0.1) is 11.3 Å². The van der Waals surface area contributed by atoms with Gasteiger partial charge in [0.05, 0.1) is 17.7 Å². The molecule has 1 fully saturated rings. The van der Waals surface area contributed by atoms with Crippen molar-refractivity contribution < 1.29 is 36.6 Å². The van der Waals surface area contributed by atoms with Crippen molar-refractivity contribution in [1.82, 2.24) is 4.98 Å². The number of hydrogen-bond acceptors (Lipinski definition) is 5. The highest BCUT2D eigenvalue weighted by molar-refractivity contribution is 7.97. The first-order chi connectivity index (χ1) is 12.6. The minimum atomic E-state index is -5.26. The predicted octanol–water partition coefficient (Wildman–Crippen LogP) is 4.64. The fourth-order valence-electron chi connectivity index (χ4n) is 2.77. The Morgan fingerprint density at radius 1 is 1.41 bits per heavy atom. The van der Waals surface area contributed by atoms with E-state index in [2.05, 4.69) is 4.98 Å². The zero-order valence-electron chi connectivity index (χ0n) is 13.9. The van der Waals surface area contributed by atoms with Gasteiger partial charge in [-0.2, -0.15) is 30.2 Å². The molecule has 2 heterocycles. The Hall–Kier alpha value is -2.35. The van der Waals surface area contributed by atoms with Gasteiger partial charge >= 0.3 is 12.1 Å². The van der Waals surface area contributed by atoms with Gasteiger partial charge in [0.25, 0.3) is 6.43 Å². The maximum absolute atomic E-state index is 13.6. The third-order valence-electron chi connectivity index (χ3n) is 3.77. The monoisotopic (exact) mass is 408 g/mol. The van der Waals surface area contributed by atoms with E-state index >= 15 is 0 Å². The lowest BCUT2D eigenvalue weighted by Gasteiger charge is -2.20. The molecule has 0 radical (unpaired) electrons. The minimum Gasteiger partial charge on any atom is -0.497 e. The molecule has 0 saturated carbocycles. The van der Waals surface area contributed by atoms with Crippen LogP contribution < -0.4 is 0 Å². The van der Waals surface area contributed by atoms with E-state index in [0.29, 0.717) is 6.42 Å². The summed E-state index contributed by atoms with van der Waals surface area (Å²) >= 11 is 0.934. The van der Waals surface area contributed by atoms with E-state index in [-0.39, 0.29) is 24.5 Å². The maximum Gasteiger partial charge on any atom is 0.434 e. The van der Waals surface area contributed by atoms with E-state index < -0.39 is 52.2 Å². The molecule has 0 bridgehead atoms. The highest BCUT2D eigenvalue weighted by Gasteiger charge is 2.42. The molecule has 1 aromatic heterocycles. The number of ether oxygens (including phenoxy) is 1. The fraction of sp³-hybridized carbons (Fsp3) is 0.438. The lowest BCUT2D eigenvalue weighted by atomic mass is 9.92. The van der Waals surface area contributed by atoms with Crippen molar-refractivity contribution >= 4 is 23.3 Å². The summed E-state index contributed by atoms with van der Waals surface area (Å²) in [4.78, 5) is 14.5. The number of carboxylic acids is 1. The molecule has 27 heavy (non-hydrogen) atoms. The second-order valence-corrected chi connectivity index (χ2v) is 6.34. The van der Waals surface area contributed by atoms with E-state index in [1.54, 1.807) is 6.07 Å². The number of carbonyl (C=O) groups is 1. The third kappa shape index (κ3) is 4.16. The third-order valence-corrected chi connectivity index (χ3v) is 4.35. The van der Waals surface area contributed by atoms with Gasteiger partial charge in [0.1, 0.15) is 17.5 Å². The smallest absolute Gasteiger partial charge is 0.434 e. The van der Waals surface area contributed by atoms with Gasteiger partial charge in [0.2, 0.25) is 0 Å². The average Bonchev–Trinajstić information content (AvgIpc) is 3.09. The molecule has 2 rings (SSSR count). The Morgan fingerprint density at radius 3 is 2.48 bits per heavy atom. The number of pyridine rings is 1. The number of halogens is 5. The van der Waals surface area contributed by atoms with E-state index in [1.165, 1.54) is 6.26 Å². The molecule has 0 unspecified atom stereocenters. The number of hydrogen-bond donors (Lipinski definition) is 1. The summed E-state index contributed by atoms with van der Waals surface area (Å²) in [5, 5.41) is 18.8. The maximum atomic E-state index is 13.6. The quantitative estimate of drug-likeness (QED) is 0.564. The molecule has 1 aromatic rings. The second-order valence-electron chi connectivity index (χ2n) is 5.47. The molecule has 0 aliphatic carbocycles. The number of alkyl halides is 5. The first-order valence-corrected chi connectivity index (χ1v) is 8.93. The van der Waals surface area contributed by atoms with Crippen LogP contribution in [0.15, 0.2) is 5.76 Å². The van der Waals surface area contributed by atoms with Crippen molar-refractivity contribution in [3.8, 4) is 6.07 Å².